The Labute approximate surface area is 200 Å². The first-order chi connectivity index (χ1) is 13.1. The van der Waals surface area contributed by atoms with Gasteiger partial charge in [0.15, 0.2) is 8.32 Å². The minimum atomic E-state index is -1.79. The zero-order chi connectivity index (χ0) is 22.5. The number of rotatable bonds is 9. The summed E-state index contributed by atoms with van der Waals surface area (Å²) in [4.78, 5) is 12.7. The standard InChI is InChI=1S/C21H32BrCl3O3Si/c1-15(13-28-29(5,6)20(2,3)4)7-12-18(16-8-10-17(22)11-9-16)19(26)27-14-21(23,24)25/h8-11,15,18H,7,12-14H2,1-6H3/t15-,18-/m0/s1. The molecule has 0 unspecified atom stereocenters. The van der Waals surface area contributed by atoms with Gasteiger partial charge in [0.1, 0.15) is 6.61 Å². The number of hydrogen-bond acceptors (Lipinski definition) is 3. The topological polar surface area (TPSA) is 35.5 Å². The molecular weight excluding hydrogens is 515 g/mol. The lowest BCUT2D eigenvalue weighted by molar-refractivity contribution is -0.145. The van der Waals surface area contributed by atoms with Gasteiger partial charge in [0, 0.05) is 11.1 Å². The monoisotopic (exact) mass is 544 g/mol. The molecule has 8 heteroatoms. The van der Waals surface area contributed by atoms with E-state index in [1.807, 2.05) is 24.3 Å². The third-order valence-corrected chi connectivity index (χ3v) is 10.8. The van der Waals surface area contributed by atoms with Gasteiger partial charge >= 0.3 is 5.97 Å². The Kier molecular flexibility index (Phi) is 10.5. The van der Waals surface area contributed by atoms with Crippen molar-refractivity contribution < 1.29 is 14.0 Å². The van der Waals surface area contributed by atoms with Crippen LogP contribution in [0.3, 0.4) is 0 Å². The van der Waals surface area contributed by atoms with Crippen LogP contribution in [0.15, 0.2) is 28.7 Å². The molecule has 0 fully saturated rings. The maximum atomic E-state index is 12.7. The van der Waals surface area contributed by atoms with Crippen LogP contribution in [0.5, 0.6) is 0 Å². The maximum Gasteiger partial charge on any atom is 0.313 e. The summed E-state index contributed by atoms with van der Waals surface area (Å²) in [6, 6.07) is 7.66. The molecule has 0 radical (unpaired) electrons. The Morgan fingerprint density at radius 2 is 1.66 bits per heavy atom. The molecule has 0 saturated carbocycles. The zero-order valence-corrected chi connectivity index (χ0v) is 22.9. The average molecular weight is 547 g/mol. The van der Waals surface area contributed by atoms with Gasteiger partial charge in [0.2, 0.25) is 3.79 Å². The van der Waals surface area contributed by atoms with E-state index in [1.165, 1.54) is 0 Å². The summed E-state index contributed by atoms with van der Waals surface area (Å²) in [5.41, 5.74) is 0.889. The van der Waals surface area contributed by atoms with Gasteiger partial charge in [0.25, 0.3) is 0 Å². The molecule has 29 heavy (non-hydrogen) atoms. The molecule has 0 aliphatic carbocycles. The summed E-state index contributed by atoms with van der Waals surface area (Å²) in [6.45, 7) is 13.8. The fraction of sp³-hybridized carbons (Fsp3) is 0.667. The minimum absolute atomic E-state index is 0.174. The van der Waals surface area contributed by atoms with Crippen LogP contribution in [0.1, 0.15) is 52.0 Å². The lowest BCUT2D eigenvalue weighted by Gasteiger charge is -2.37. The van der Waals surface area contributed by atoms with Crippen LogP contribution in [0.25, 0.3) is 0 Å². The van der Waals surface area contributed by atoms with Gasteiger partial charge in [-0.3, -0.25) is 4.79 Å². The van der Waals surface area contributed by atoms with E-state index in [0.29, 0.717) is 18.9 Å². The van der Waals surface area contributed by atoms with Gasteiger partial charge in [-0.15, -0.1) is 0 Å². The van der Waals surface area contributed by atoms with E-state index in [0.717, 1.165) is 16.5 Å². The Morgan fingerprint density at radius 1 is 1.10 bits per heavy atom. The number of halogens is 4. The Bertz CT molecular complexity index is 655. The second kappa shape index (κ2) is 11.2. The fourth-order valence-electron chi connectivity index (χ4n) is 2.47. The Hall–Kier alpha value is 0.217. The predicted octanol–water partition coefficient (Wildman–Crippen LogP) is 7.88. The molecule has 0 amide bonds. The quantitative estimate of drug-likeness (QED) is 0.179. The molecule has 0 aliphatic rings. The molecule has 166 valence electrons. The average Bonchev–Trinajstić information content (AvgIpc) is 2.58. The van der Waals surface area contributed by atoms with E-state index in [2.05, 4.69) is 56.7 Å². The molecule has 0 aliphatic heterocycles. The largest absolute Gasteiger partial charge is 0.461 e. The van der Waals surface area contributed by atoms with Gasteiger partial charge in [-0.1, -0.05) is 90.6 Å². The van der Waals surface area contributed by atoms with Crippen molar-refractivity contribution in [2.75, 3.05) is 13.2 Å². The van der Waals surface area contributed by atoms with Gasteiger partial charge in [-0.05, 0) is 54.6 Å². The number of hydrogen-bond donors (Lipinski definition) is 0. The van der Waals surface area contributed by atoms with Crippen LogP contribution in [0, 0.1) is 5.92 Å². The van der Waals surface area contributed by atoms with Gasteiger partial charge in [-0.2, -0.15) is 0 Å². The Morgan fingerprint density at radius 3 is 2.14 bits per heavy atom. The Balaban J connectivity index is 2.76. The lowest BCUT2D eigenvalue weighted by atomic mass is 9.91. The van der Waals surface area contributed by atoms with Crippen LogP contribution < -0.4 is 0 Å². The molecule has 3 nitrogen and oxygen atoms in total. The molecular formula is C21H32BrCl3O3Si. The molecule has 0 spiro atoms. The maximum absolute atomic E-state index is 12.7. The normalized spacial score (nSPS) is 15.1. The number of ether oxygens (including phenoxy) is 1. The SMILES string of the molecule is C[C@@H](CC[C@H](C(=O)OCC(Cl)(Cl)Cl)c1ccc(Br)cc1)CO[Si](C)(C)C(C)(C)C. The van der Waals surface area contributed by atoms with Gasteiger partial charge in [-0.25, -0.2) is 0 Å². The van der Waals surface area contributed by atoms with Crippen molar-refractivity contribution in [1.82, 2.24) is 0 Å². The fourth-order valence-corrected chi connectivity index (χ4v) is 4.03. The summed E-state index contributed by atoms with van der Waals surface area (Å²) in [7, 11) is -1.79. The van der Waals surface area contributed by atoms with Crippen molar-refractivity contribution in [3.8, 4) is 0 Å². The molecule has 0 bridgehead atoms. The zero-order valence-electron chi connectivity index (χ0n) is 18.0. The van der Waals surface area contributed by atoms with Gasteiger partial charge < -0.3 is 9.16 Å². The van der Waals surface area contributed by atoms with E-state index in [9.17, 15) is 4.79 Å². The van der Waals surface area contributed by atoms with Crippen molar-refractivity contribution in [3.63, 3.8) is 0 Å². The molecule has 2 atom stereocenters. The predicted molar refractivity (Wildman–Crippen MR) is 130 cm³/mol. The molecule has 0 N–H and O–H groups in total. The highest BCUT2D eigenvalue weighted by molar-refractivity contribution is 9.10. The highest BCUT2D eigenvalue weighted by atomic mass is 79.9. The number of carbonyl (C=O) groups is 1. The van der Waals surface area contributed by atoms with Crippen molar-refractivity contribution in [1.29, 1.82) is 0 Å². The van der Waals surface area contributed by atoms with Crippen LogP contribution in [-0.2, 0) is 14.0 Å². The number of esters is 1. The summed E-state index contributed by atoms with van der Waals surface area (Å²) < 4.78 is 10.9. The van der Waals surface area contributed by atoms with E-state index >= 15 is 0 Å². The molecule has 0 saturated heterocycles. The van der Waals surface area contributed by atoms with Crippen LogP contribution in [-0.4, -0.2) is 31.3 Å². The van der Waals surface area contributed by atoms with E-state index in [1.54, 1.807) is 0 Å². The summed E-state index contributed by atoms with van der Waals surface area (Å²) in [5.74, 6) is -0.468. The summed E-state index contributed by atoms with van der Waals surface area (Å²) in [6.07, 6.45) is 1.47. The molecule has 0 heterocycles. The summed E-state index contributed by atoms with van der Waals surface area (Å²) >= 11 is 20.6. The van der Waals surface area contributed by atoms with E-state index in [4.69, 9.17) is 44.0 Å². The second-order valence-corrected chi connectivity index (χ2v) is 17.3. The number of benzene rings is 1. The highest BCUT2D eigenvalue weighted by Gasteiger charge is 2.37. The molecule has 1 aromatic rings. The molecule has 0 aromatic heterocycles. The number of alkyl halides is 3. The van der Waals surface area contributed by atoms with E-state index < -0.39 is 18.0 Å². The third-order valence-electron chi connectivity index (χ3n) is 5.42. The lowest BCUT2D eigenvalue weighted by Crippen LogP contribution is -2.41. The minimum Gasteiger partial charge on any atom is -0.461 e. The van der Waals surface area contributed by atoms with Crippen molar-refractivity contribution in [2.45, 2.75) is 68.4 Å². The van der Waals surface area contributed by atoms with Crippen molar-refractivity contribution in [3.05, 3.63) is 34.3 Å². The first-order valence-corrected chi connectivity index (χ1v) is 14.6. The smallest absolute Gasteiger partial charge is 0.313 e. The van der Waals surface area contributed by atoms with Gasteiger partial charge in [0.05, 0.1) is 5.92 Å². The number of carbonyl (C=O) groups excluding carboxylic acids is 1. The molecule has 1 rings (SSSR count). The second-order valence-electron chi connectivity index (χ2n) is 9.08. The van der Waals surface area contributed by atoms with Crippen LogP contribution in [0.4, 0.5) is 0 Å². The third kappa shape index (κ3) is 9.92. The van der Waals surface area contributed by atoms with Crippen molar-refractivity contribution >= 4 is 65.0 Å². The van der Waals surface area contributed by atoms with Crippen molar-refractivity contribution in [2.24, 2.45) is 5.92 Å². The first kappa shape index (κ1) is 27.3. The summed E-state index contributed by atoms with van der Waals surface area (Å²) in [5, 5.41) is 0.174. The highest BCUT2D eigenvalue weighted by Crippen LogP contribution is 2.37. The van der Waals surface area contributed by atoms with Crippen LogP contribution >= 0.6 is 50.7 Å². The van der Waals surface area contributed by atoms with Crippen LogP contribution in [0.2, 0.25) is 18.1 Å². The molecule has 1 aromatic carbocycles. The van der Waals surface area contributed by atoms with E-state index in [-0.39, 0.29) is 17.6 Å². The first-order valence-electron chi connectivity index (χ1n) is 9.75.